The Kier molecular flexibility index (Phi) is 3.98. The molecule has 3 rings (SSSR count). The quantitative estimate of drug-likeness (QED) is 0.941. The monoisotopic (exact) mass is 316 g/mol. The van der Waals surface area contributed by atoms with Gasteiger partial charge in [0.1, 0.15) is 11.3 Å². The molecule has 1 atom stereocenters. The average Bonchev–Trinajstić information content (AvgIpc) is 3.10. The summed E-state index contributed by atoms with van der Waals surface area (Å²) in [5.41, 5.74) is 1.47. The molecule has 23 heavy (non-hydrogen) atoms. The highest BCUT2D eigenvalue weighted by Crippen LogP contribution is 2.30. The first-order valence-corrected chi connectivity index (χ1v) is 7.63. The minimum Gasteiger partial charge on any atom is -0.497 e. The molecule has 1 fully saturated rings. The number of likely N-dealkylation sites (tertiary alicyclic amines) is 1. The van der Waals surface area contributed by atoms with E-state index in [1.54, 1.807) is 18.1 Å². The average molecular weight is 316 g/mol. The molecule has 1 N–H and O–H groups in total. The Morgan fingerprint density at radius 1 is 1.39 bits per heavy atom. The summed E-state index contributed by atoms with van der Waals surface area (Å²) in [4.78, 5) is 25.6. The number of fused-ring (bicyclic) bond motifs is 1. The second kappa shape index (κ2) is 5.95. The van der Waals surface area contributed by atoms with Crippen molar-refractivity contribution < 1.29 is 18.7 Å². The fraction of sp³-hybridized carbons (Fsp3) is 0.412. The molecular weight excluding hydrogens is 296 g/mol. The van der Waals surface area contributed by atoms with E-state index in [2.05, 4.69) is 5.32 Å². The number of carbonyl (C=O) groups is 2. The zero-order valence-corrected chi connectivity index (χ0v) is 13.5. The van der Waals surface area contributed by atoms with E-state index in [0.29, 0.717) is 30.2 Å². The van der Waals surface area contributed by atoms with Crippen LogP contribution >= 0.6 is 0 Å². The molecule has 0 radical (unpaired) electrons. The maximum absolute atomic E-state index is 12.7. The topological polar surface area (TPSA) is 71.8 Å². The molecule has 0 spiro atoms. The van der Waals surface area contributed by atoms with E-state index in [1.807, 2.05) is 19.1 Å². The molecule has 1 aromatic heterocycles. The van der Waals surface area contributed by atoms with Crippen molar-refractivity contribution in [2.45, 2.75) is 26.3 Å². The van der Waals surface area contributed by atoms with Crippen LogP contribution in [0.15, 0.2) is 22.6 Å². The molecule has 1 aromatic carbocycles. The third-order valence-electron chi connectivity index (χ3n) is 4.22. The van der Waals surface area contributed by atoms with E-state index in [-0.39, 0.29) is 17.9 Å². The molecule has 122 valence electrons. The van der Waals surface area contributed by atoms with E-state index >= 15 is 0 Å². The zero-order valence-electron chi connectivity index (χ0n) is 13.5. The van der Waals surface area contributed by atoms with E-state index in [0.717, 1.165) is 17.4 Å². The second-order valence-electron chi connectivity index (χ2n) is 5.86. The third-order valence-corrected chi connectivity index (χ3v) is 4.22. The van der Waals surface area contributed by atoms with Crippen molar-refractivity contribution in [1.29, 1.82) is 0 Å². The molecule has 0 bridgehead atoms. The van der Waals surface area contributed by atoms with Crippen LogP contribution in [0.4, 0.5) is 0 Å². The van der Waals surface area contributed by atoms with Crippen LogP contribution in [-0.4, -0.2) is 43.0 Å². The number of ether oxygens (including phenoxy) is 1. The minimum atomic E-state index is -0.134. The van der Waals surface area contributed by atoms with E-state index in [1.165, 1.54) is 6.92 Å². The van der Waals surface area contributed by atoms with E-state index < -0.39 is 0 Å². The van der Waals surface area contributed by atoms with Crippen molar-refractivity contribution >= 4 is 22.8 Å². The van der Waals surface area contributed by atoms with Gasteiger partial charge in [-0.3, -0.25) is 9.59 Å². The summed E-state index contributed by atoms with van der Waals surface area (Å²) in [6.45, 7) is 4.50. The highest BCUT2D eigenvalue weighted by molar-refractivity contribution is 5.99. The molecule has 0 unspecified atom stereocenters. The van der Waals surface area contributed by atoms with Crippen LogP contribution in [0.5, 0.6) is 5.75 Å². The van der Waals surface area contributed by atoms with Crippen LogP contribution in [0, 0.1) is 6.92 Å². The molecule has 2 amide bonds. The lowest BCUT2D eigenvalue weighted by Crippen LogP contribution is -2.37. The van der Waals surface area contributed by atoms with E-state index in [4.69, 9.17) is 9.15 Å². The van der Waals surface area contributed by atoms with Crippen LogP contribution < -0.4 is 10.1 Å². The Hall–Kier alpha value is -2.50. The zero-order chi connectivity index (χ0) is 16.6. The van der Waals surface area contributed by atoms with Gasteiger partial charge in [-0.2, -0.15) is 0 Å². The van der Waals surface area contributed by atoms with Crippen molar-refractivity contribution in [2.75, 3.05) is 20.2 Å². The highest BCUT2D eigenvalue weighted by atomic mass is 16.5. The fourth-order valence-corrected chi connectivity index (χ4v) is 3.03. The highest BCUT2D eigenvalue weighted by Gasteiger charge is 2.30. The van der Waals surface area contributed by atoms with Crippen LogP contribution in [0.2, 0.25) is 0 Å². The molecule has 2 aromatic rings. The van der Waals surface area contributed by atoms with Crippen molar-refractivity contribution in [3.05, 3.63) is 29.5 Å². The number of amides is 2. The number of rotatable bonds is 3. The Morgan fingerprint density at radius 2 is 2.17 bits per heavy atom. The summed E-state index contributed by atoms with van der Waals surface area (Å²) < 4.78 is 11.0. The largest absolute Gasteiger partial charge is 0.497 e. The van der Waals surface area contributed by atoms with Crippen LogP contribution in [0.1, 0.15) is 29.5 Å². The normalized spacial score (nSPS) is 17.5. The number of nitrogens with zero attached hydrogens (tertiary/aromatic N) is 1. The molecule has 6 heteroatoms. The predicted octanol–water partition coefficient (Wildman–Crippen LogP) is 2.10. The van der Waals surface area contributed by atoms with Gasteiger partial charge in [-0.05, 0) is 25.5 Å². The first-order valence-electron chi connectivity index (χ1n) is 7.63. The van der Waals surface area contributed by atoms with Gasteiger partial charge < -0.3 is 19.4 Å². The second-order valence-corrected chi connectivity index (χ2v) is 5.86. The van der Waals surface area contributed by atoms with Crippen molar-refractivity contribution in [2.24, 2.45) is 0 Å². The smallest absolute Gasteiger partial charge is 0.289 e. The van der Waals surface area contributed by atoms with Gasteiger partial charge in [0.15, 0.2) is 5.76 Å². The molecule has 0 aliphatic carbocycles. The predicted molar refractivity (Wildman–Crippen MR) is 85.6 cm³/mol. The van der Waals surface area contributed by atoms with Gasteiger partial charge in [0.25, 0.3) is 5.91 Å². The molecular formula is C17H20N2O4. The van der Waals surface area contributed by atoms with Crippen LogP contribution in [0.3, 0.4) is 0 Å². The Labute approximate surface area is 134 Å². The molecule has 1 saturated heterocycles. The first-order chi connectivity index (χ1) is 11.0. The first kappa shape index (κ1) is 15.4. The molecule has 0 saturated carbocycles. The lowest BCUT2D eigenvalue weighted by atomic mass is 10.1. The van der Waals surface area contributed by atoms with Gasteiger partial charge in [-0.15, -0.1) is 0 Å². The number of hydrogen-bond donors (Lipinski definition) is 1. The van der Waals surface area contributed by atoms with Gasteiger partial charge in [0.2, 0.25) is 5.91 Å². The summed E-state index contributed by atoms with van der Waals surface area (Å²) in [7, 11) is 1.59. The number of methoxy groups -OCH3 is 1. The van der Waals surface area contributed by atoms with Crippen LogP contribution in [0.25, 0.3) is 11.0 Å². The summed E-state index contributed by atoms with van der Waals surface area (Å²) in [6.07, 6.45) is 0.762. The van der Waals surface area contributed by atoms with Gasteiger partial charge in [-0.1, -0.05) is 0 Å². The Bertz CT molecular complexity index is 765. The Balaban J connectivity index is 1.84. The van der Waals surface area contributed by atoms with Gasteiger partial charge in [0.05, 0.1) is 7.11 Å². The fourth-order valence-electron chi connectivity index (χ4n) is 3.03. The third kappa shape index (κ3) is 2.88. The standard InChI is InChI=1S/C17H20N2O4/c1-10-14-5-4-13(22-3)8-15(14)23-16(10)17(21)19-7-6-12(9-19)18-11(2)20/h4-5,8,12H,6-7,9H2,1-3H3,(H,18,20)/t12-/m1/s1. The number of hydrogen-bond acceptors (Lipinski definition) is 4. The molecule has 2 heterocycles. The van der Waals surface area contributed by atoms with Gasteiger partial charge in [0, 0.05) is 43.1 Å². The minimum absolute atomic E-state index is 0.0150. The number of furan rings is 1. The maximum atomic E-state index is 12.7. The van der Waals surface area contributed by atoms with Crippen molar-refractivity contribution in [3.63, 3.8) is 0 Å². The SMILES string of the molecule is COc1ccc2c(C)c(C(=O)N3CC[C@@H](NC(C)=O)C3)oc2c1. The molecule has 6 nitrogen and oxygen atoms in total. The summed E-state index contributed by atoms with van der Waals surface area (Å²) in [5.74, 6) is 0.843. The summed E-state index contributed by atoms with van der Waals surface area (Å²) in [5, 5.41) is 3.76. The van der Waals surface area contributed by atoms with Crippen LogP contribution in [-0.2, 0) is 4.79 Å². The lowest BCUT2D eigenvalue weighted by molar-refractivity contribution is -0.119. The molecule has 1 aliphatic rings. The number of aryl methyl sites for hydroxylation is 1. The Morgan fingerprint density at radius 3 is 2.87 bits per heavy atom. The van der Waals surface area contributed by atoms with Crippen molar-refractivity contribution in [3.8, 4) is 5.75 Å². The van der Waals surface area contributed by atoms with Gasteiger partial charge >= 0.3 is 0 Å². The summed E-state index contributed by atoms with van der Waals surface area (Å²) >= 11 is 0. The number of benzene rings is 1. The molecule has 1 aliphatic heterocycles. The number of nitrogens with one attached hydrogen (secondary N) is 1. The number of carbonyl (C=O) groups excluding carboxylic acids is 2. The van der Waals surface area contributed by atoms with E-state index in [9.17, 15) is 9.59 Å². The van der Waals surface area contributed by atoms with Gasteiger partial charge in [-0.25, -0.2) is 0 Å². The van der Waals surface area contributed by atoms with Crippen molar-refractivity contribution in [1.82, 2.24) is 10.2 Å². The lowest BCUT2D eigenvalue weighted by Gasteiger charge is -2.15. The maximum Gasteiger partial charge on any atom is 0.289 e. The summed E-state index contributed by atoms with van der Waals surface area (Å²) in [6, 6.07) is 5.54.